The molecule has 5 rings (SSSR count). The predicted molar refractivity (Wildman–Crippen MR) is 123 cm³/mol. The largest absolute Gasteiger partial charge is 0.495 e. The molecule has 2 aliphatic rings. The van der Waals surface area contributed by atoms with Crippen LogP contribution in [0.1, 0.15) is 23.7 Å². The fourth-order valence-electron chi connectivity index (χ4n) is 4.55. The first-order valence-electron chi connectivity index (χ1n) is 10.6. The molecule has 0 aliphatic carbocycles. The Hall–Kier alpha value is -3.94. The van der Waals surface area contributed by atoms with Crippen molar-refractivity contribution in [2.45, 2.75) is 19.4 Å². The van der Waals surface area contributed by atoms with E-state index in [0.29, 0.717) is 24.0 Å². The number of carbonyl (C=O) groups is 1. The molecule has 2 aliphatic heterocycles. The molecular formula is C25H24FN5O2. The highest BCUT2D eigenvalue weighted by Gasteiger charge is 2.52. The molecule has 0 bridgehead atoms. The Balaban J connectivity index is 1.50. The van der Waals surface area contributed by atoms with Crippen LogP contribution in [0, 0.1) is 12.7 Å². The van der Waals surface area contributed by atoms with Gasteiger partial charge in [-0.05, 0) is 55.3 Å². The third-order valence-electron chi connectivity index (χ3n) is 6.19. The predicted octanol–water partition coefficient (Wildman–Crippen LogP) is 3.73. The van der Waals surface area contributed by atoms with Gasteiger partial charge in [-0.15, -0.1) is 0 Å². The first-order chi connectivity index (χ1) is 15.8. The van der Waals surface area contributed by atoms with Crippen molar-refractivity contribution in [1.29, 1.82) is 0 Å². The lowest BCUT2D eigenvalue weighted by Gasteiger charge is -2.31. The fourth-order valence-corrected chi connectivity index (χ4v) is 4.55. The Morgan fingerprint density at radius 1 is 1.18 bits per heavy atom. The molecule has 1 unspecified atom stereocenters. The highest BCUT2D eigenvalue weighted by molar-refractivity contribution is 6.15. The van der Waals surface area contributed by atoms with E-state index < -0.39 is 5.54 Å². The number of aliphatic imine (C=N–C) groups is 1. The standard InChI is InChI=1S/C25H24FN5O2/c1-16-13-30(15-27-16)21-10-5-17(12-22(21)33-4)11-20-23(32)31-24(28-20)29(3)14-25(31,2)18-6-8-19(26)9-7-18/h5-13,15H,14H2,1-4H3. The number of nitrogens with zero attached hydrogens (tertiary/aromatic N) is 5. The van der Waals surface area contributed by atoms with Crippen molar-refractivity contribution in [2.75, 3.05) is 20.7 Å². The third kappa shape index (κ3) is 3.38. The van der Waals surface area contributed by atoms with Crippen LogP contribution >= 0.6 is 0 Å². The van der Waals surface area contributed by atoms with E-state index in [1.807, 2.05) is 54.8 Å². The van der Waals surface area contributed by atoms with Gasteiger partial charge < -0.3 is 14.2 Å². The lowest BCUT2D eigenvalue weighted by atomic mass is 9.91. The average molecular weight is 445 g/mol. The quantitative estimate of drug-likeness (QED) is 0.574. The number of hydrogen-bond donors (Lipinski definition) is 0. The zero-order chi connectivity index (χ0) is 23.3. The second-order valence-electron chi connectivity index (χ2n) is 8.57. The molecule has 168 valence electrons. The summed E-state index contributed by atoms with van der Waals surface area (Å²) >= 11 is 0. The Kier molecular flexibility index (Phi) is 4.81. The van der Waals surface area contributed by atoms with Crippen LogP contribution < -0.4 is 4.74 Å². The molecule has 1 fully saturated rings. The maximum Gasteiger partial charge on any atom is 0.280 e. The molecule has 0 saturated carbocycles. The number of methoxy groups -OCH3 is 1. The van der Waals surface area contributed by atoms with Crippen molar-refractivity contribution in [3.63, 3.8) is 0 Å². The summed E-state index contributed by atoms with van der Waals surface area (Å²) < 4.78 is 21.0. The normalized spacial score (nSPS) is 21.1. The highest BCUT2D eigenvalue weighted by Crippen LogP contribution is 2.40. The molecular weight excluding hydrogens is 421 g/mol. The minimum Gasteiger partial charge on any atom is -0.495 e. The van der Waals surface area contributed by atoms with Gasteiger partial charge in [0, 0.05) is 19.8 Å². The first kappa shape index (κ1) is 20.9. The maximum atomic E-state index is 13.5. The van der Waals surface area contributed by atoms with E-state index in [0.717, 1.165) is 22.5 Å². The van der Waals surface area contributed by atoms with E-state index >= 15 is 0 Å². The van der Waals surface area contributed by atoms with Crippen LogP contribution in [-0.4, -0.2) is 51.9 Å². The SMILES string of the molecule is COc1cc(C=C2N=C3N(C)CC(C)(c4ccc(F)cc4)N3C2=O)ccc1-n1cnc(C)c1. The number of fused-ring (bicyclic) bond motifs is 1. The molecule has 0 N–H and O–H groups in total. The van der Waals surface area contributed by atoms with Gasteiger partial charge in [-0.3, -0.25) is 9.69 Å². The van der Waals surface area contributed by atoms with Crippen LogP contribution in [-0.2, 0) is 10.3 Å². The number of imidazole rings is 1. The average Bonchev–Trinajstić information content (AvgIpc) is 3.44. The van der Waals surface area contributed by atoms with Crippen LogP contribution in [0.5, 0.6) is 5.75 Å². The van der Waals surface area contributed by atoms with E-state index in [9.17, 15) is 9.18 Å². The minimum atomic E-state index is -0.644. The van der Waals surface area contributed by atoms with Crippen molar-refractivity contribution in [2.24, 2.45) is 4.99 Å². The number of rotatable bonds is 4. The molecule has 0 radical (unpaired) electrons. The maximum absolute atomic E-state index is 13.5. The van der Waals surface area contributed by atoms with Gasteiger partial charge in [0.2, 0.25) is 5.96 Å². The van der Waals surface area contributed by atoms with E-state index in [2.05, 4.69) is 9.98 Å². The van der Waals surface area contributed by atoms with Crippen molar-refractivity contribution in [3.05, 3.63) is 83.3 Å². The molecule has 1 aromatic heterocycles. The Morgan fingerprint density at radius 2 is 1.94 bits per heavy atom. The summed E-state index contributed by atoms with van der Waals surface area (Å²) in [5.74, 6) is 0.762. The first-order valence-corrected chi connectivity index (χ1v) is 10.6. The van der Waals surface area contributed by atoms with Crippen LogP contribution in [0.15, 0.2) is 65.7 Å². The third-order valence-corrected chi connectivity index (χ3v) is 6.19. The molecule has 1 amide bonds. The zero-order valence-corrected chi connectivity index (χ0v) is 18.9. The van der Waals surface area contributed by atoms with Crippen molar-refractivity contribution < 1.29 is 13.9 Å². The van der Waals surface area contributed by atoms with Crippen LogP contribution in [0.4, 0.5) is 4.39 Å². The van der Waals surface area contributed by atoms with Gasteiger partial charge in [0.05, 0.1) is 30.4 Å². The lowest BCUT2D eigenvalue weighted by molar-refractivity contribution is -0.125. The van der Waals surface area contributed by atoms with Gasteiger partial charge in [-0.2, -0.15) is 0 Å². The molecule has 1 atom stereocenters. The Labute approximate surface area is 191 Å². The number of benzene rings is 2. The molecule has 7 nitrogen and oxygen atoms in total. The van der Waals surface area contributed by atoms with Crippen LogP contribution in [0.2, 0.25) is 0 Å². The number of amides is 1. The van der Waals surface area contributed by atoms with E-state index in [1.165, 1.54) is 12.1 Å². The topological polar surface area (TPSA) is 63.0 Å². The van der Waals surface area contributed by atoms with E-state index in [-0.39, 0.29) is 11.7 Å². The molecule has 3 heterocycles. The zero-order valence-electron chi connectivity index (χ0n) is 18.9. The van der Waals surface area contributed by atoms with Crippen LogP contribution in [0.3, 0.4) is 0 Å². The summed E-state index contributed by atoms with van der Waals surface area (Å²) in [6, 6.07) is 12.0. The fraction of sp³-hybridized carbons (Fsp3) is 0.240. The van der Waals surface area contributed by atoms with Crippen molar-refractivity contribution >= 4 is 17.9 Å². The second-order valence-corrected chi connectivity index (χ2v) is 8.57. The molecule has 8 heteroatoms. The number of hydrogen-bond acceptors (Lipinski definition) is 5. The molecule has 1 saturated heterocycles. The summed E-state index contributed by atoms with van der Waals surface area (Å²) in [5.41, 5.74) is 3.12. The number of aromatic nitrogens is 2. The molecule has 3 aromatic rings. The van der Waals surface area contributed by atoms with Gasteiger partial charge in [-0.25, -0.2) is 14.4 Å². The number of aryl methyl sites for hydroxylation is 1. The number of likely N-dealkylation sites (N-methyl/N-ethyl adjacent to an activating group) is 1. The summed E-state index contributed by atoms with van der Waals surface area (Å²) in [5, 5.41) is 0. The number of guanidine groups is 1. The second kappa shape index (κ2) is 7.58. The molecule has 2 aromatic carbocycles. The lowest BCUT2D eigenvalue weighted by Crippen LogP contribution is -2.44. The monoisotopic (exact) mass is 445 g/mol. The van der Waals surface area contributed by atoms with Crippen LogP contribution in [0.25, 0.3) is 11.8 Å². The van der Waals surface area contributed by atoms with E-state index in [4.69, 9.17) is 4.74 Å². The molecule has 33 heavy (non-hydrogen) atoms. The number of carbonyl (C=O) groups excluding carboxylic acids is 1. The van der Waals surface area contributed by atoms with Gasteiger partial charge in [-0.1, -0.05) is 18.2 Å². The number of ether oxygens (including phenoxy) is 1. The van der Waals surface area contributed by atoms with Crippen molar-refractivity contribution in [1.82, 2.24) is 19.4 Å². The minimum absolute atomic E-state index is 0.186. The van der Waals surface area contributed by atoms with E-state index in [1.54, 1.807) is 36.5 Å². The van der Waals surface area contributed by atoms with Crippen molar-refractivity contribution in [3.8, 4) is 11.4 Å². The number of halogens is 1. The summed E-state index contributed by atoms with van der Waals surface area (Å²) in [6.45, 7) is 4.48. The van der Waals surface area contributed by atoms with Gasteiger partial charge in [0.15, 0.2) is 0 Å². The van der Waals surface area contributed by atoms with Gasteiger partial charge in [0.1, 0.15) is 17.3 Å². The summed E-state index contributed by atoms with van der Waals surface area (Å²) in [7, 11) is 3.52. The Bertz CT molecular complexity index is 1310. The smallest absolute Gasteiger partial charge is 0.280 e. The highest BCUT2D eigenvalue weighted by atomic mass is 19.1. The molecule has 0 spiro atoms. The summed E-state index contributed by atoms with van der Waals surface area (Å²) in [6.07, 6.45) is 5.42. The van der Waals surface area contributed by atoms with Gasteiger partial charge >= 0.3 is 0 Å². The Morgan fingerprint density at radius 3 is 2.61 bits per heavy atom. The van der Waals surface area contributed by atoms with Gasteiger partial charge in [0.25, 0.3) is 5.91 Å². The summed E-state index contributed by atoms with van der Waals surface area (Å²) in [4.78, 5) is 26.0.